The van der Waals surface area contributed by atoms with Crippen molar-refractivity contribution in [3.05, 3.63) is 91.6 Å². The number of phosphoric acid groups is 3. The van der Waals surface area contributed by atoms with Crippen molar-refractivity contribution < 1.29 is 83.2 Å². The lowest BCUT2D eigenvalue weighted by Crippen LogP contribution is -2.33. The van der Waals surface area contributed by atoms with Crippen LogP contribution in [0.2, 0.25) is 0 Å². The molecule has 0 radical (unpaired) electrons. The summed E-state index contributed by atoms with van der Waals surface area (Å²) in [4.78, 5) is 92.6. The van der Waals surface area contributed by atoms with Crippen LogP contribution in [0.1, 0.15) is 31.1 Å². The molecule has 9 N–H and O–H groups in total. The molecule has 4 heterocycles. The molecular formula is C34H38N5O21P3S2. The lowest BCUT2D eigenvalue weighted by atomic mass is 10.2. The van der Waals surface area contributed by atoms with Crippen LogP contribution in [0.4, 0.5) is 0 Å². The Balaban J connectivity index is 0.909. The first-order valence-electron chi connectivity index (χ1n) is 18.7. The minimum Gasteiger partial charge on any atom is -0.492 e. The van der Waals surface area contributed by atoms with Gasteiger partial charge in [-0.2, -0.15) is 17.0 Å². The predicted molar refractivity (Wildman–Crippen MR) is 226 cm³/mol. The van der Waals surface area contributed by atoms with E-state index in [4.69, 9.17) is 23.7 Å². The van der Waals surface area contributed by atoms with Crippen molar-refractivity contribution >= 4 is 78.1 Å². The predicted octanol–water partition coefficient (Wildman–Crippen LogP) is 1.74. The number of nitrogens with one attached hydrogen (secondary N) is 3. The zero-order valence-corrected chi connectivity index (χ0v) is 37.3. The number of benzene rings is 2. The van der Waals surface area contributed by atoms with Crippen molar-refractivity contribution in [2.24, 2.45) is 0 Å². The molecule has 0 bridgehead atoms. The number of carbonyl (C=O) groups is 1. The van der Waals surface area contributed by atoms with E-state index in [9.17, 15) is 60.7 Å². The fourth-order valence-electron chi connectivity index (χ4n) is 6.05. The highest BCUT2D eigenvalue weighted by Gasteiger charge is 2.43. The van der Waals surface area contributed by atoms with Gasteiger partial charge in [0.1, 0.15) is 35.3 Å². The van der Waals surface area contributed by atoms with Crippen LogP contribution in [0.15, 0.2) is 78.4 Å². The molecule has 3 aromatic heterocycles. The Hall–Kier alpha value is -4.57. The van der Waals surface area contributed by atoms with Crippen molar-refractivity contribution in [2.45, 2.75) is 42.6 Å². The minimum absolute atomic E-state index is 0.00906. The van der Waals surface area contributed by atoms with Gasteiger partial charge in [-0.25, -0.2) is 28.3 Å². The first kappa shape index (κ1) is 49.9. The van der Waals surface area contributed by atoms with Crippen LogP contribution in [-0.4, -0.2) is 103 Å². The summed E-state index contributed by atoms with van der Waals surface area (Å²) in [6.45, 7) is 0.199. The first-order chi connectivity index (χ1) is 30.4. The largest absolute Gasteiger partial charge is 0.492 e. The molecule has 0 spiro atoms. The monoisotopic (exact) mass is 1010 g/mol. The summed E-state index contributed by atoms with van der Waals surface area (Å²) in [6, 6.07) is 10.4. The Morgan fingerprint density at radius 2 is 1.80 bits per heavy atom. The Morgan fingerprint density at radius 1 is 1.03 bits per heavy atom. The molecule has 26 nitrogen and oxygen atoms in total. The van der Waals surface area contributed by atoms with E-state index in [2.05, 4.69) is 33.7 Å². The van der Waals surface area contributed by atoms with E-state index in [-0.39, 0.29) is 47.9 Å². The van der Waals surface area contributed by atoms with Crippen LogP contribution in [0.25, 0.3) is 37.8 Å². The van der Waals surface area contributed by atoms with E-state index in [0.29, 0.717) is 51.5 Å². The molecule has 1 fully saturated rings. The number of aliphatic hydroxyl groups excluding tert-OH is 1. The number of ether oxygens (including phenoxy) is 2. The van der Waals surface area contributed by atoms with Gasteiger partial charge >= 0.3 is 34.8 Å². The van der Waals surface area contributed by atoms with Gasteiger partial charge in [0.2, 0.25) is 5.91 Å². The van der Waals surface area contributed by atoms with Crippen LogP contribution < -0.4 is 32.2 Å². The summed E-state index contributed by atoms with van der Waals surface area (Å²) in [7, 11) is -21.3. The molecule has 352 valence electrons. The third-order valence-corrected chi connectivity index (χ3v) is 14.6. The van der Waals surface area contributed by atoms with E-state index in [1.165, 1.54) is 30.4 Å². The summed E-state index contributed by atoms with van der Waals surface area (Å²) < 4.78 is 96.7. The molecule has 65 heavy (non-hydrogen) atoms. The van der Waals surface area contributed by atoms with Gasteiger partial charge in [-0.3, -0.25) is 28.2 Å². The third kappa shape index (κ3) is 14.0. The second-order valence-electron chi connectivity index (χ2n) is 13.7. The van der Waals surface area contributed by atoms with Crippen LogP contribution in [0.3, 0.4) is 0 Å². The van der Waals surface area contributed by atoms with Gasteiger partial charge in [-0.15, -0.1) is 11.3 Å². The second kappa shape index (κ2) is 20.5. The molecule has 0 aliphatic carbocycles. The molecule has 1 aliphatic heterocycles. The van der Waals surface area contributed by atoms with Gasteiger partial charge in [0.05, 0.1) is 38.9 Å². The van der Waals surface area contributed by atoms with Gasteiger partial charge in [-0.1, -0.05) is 12.2 Å². The van der Waals surface area contributed by atoms with Crippen LogP contribution in [-0.2, 0) is 46.5 Å². The lowest BCUT2D eigenvalue weighted by Gasteiger charge is -2.19. The fraction of sp³-hybridized carbons (Fsp3) is 0.324. The van der Waals surface area contributed by atoms with Gasteiger partial charge < -0.3 is 49.2 Å². The Bertz CT molecular complexity index is 3060. The number of rotatable bonds is 21. The number of fused-ring (bicyclic) bond motifs is 2. The zero-order valence-electron chi connectivity index (χ0n) is 33.0. The fourth-order valence-corrected chi connectivity index (χ4v) is 10.7. The molecule has 2 aromatic carbocycles. The molecule has 1 saturated heterocycles. The van der Waals surface area contributed by atoms with Crippen LogP contribution in [0.5, 0.6) is 5.75 Å². The van der Waals surface area contributed by atoms with E-state index >= 15 is 0 Å². The number of amides is 1. The van der Waals surface area contributed by atoms with Crippen molar-refractivity contribution in [3.8, 4) is 16.3 Å². The maximum absolute atomic E-state index is 12.8. The highest BCUT2D eigenvalue weighted by molar-refractivity contribution is 7.85. The first-order valence-corrected chi connectivity index (χ1v) is 25.4. The molecule has 31 heteroatoms. The van der Waals surface area contributed by atoms with Crippen molar-refractivity contribution in [1.82, 2.24) is 25.2 Å². The van der Waals surface area contributed by atoms with E-state index in [1.807, 2.05) is 0 Å². The quantitative estimate of drug-likeness (QED) is 0.0219. The number of hydrogen-bond acceptors (Lipinski definition) is 19. The minimum atomic E-state index is -5.78. The molecule has 0 saturated carbocycles. The third-order valence-electron chi connectivity index (χ3n) is 8.94. The number of aliphatic hydroxyl groups is 1. The van der Waals surface area contributed by atoms with E-state index < -0.39 is 75.5 Å². The summed E-state index contributed by atoms with van der Waals surface area (Å²) >= 11 is 1.06. The number of phosphoric ester groups is 1. The average molecular weight is 1010 g/mol. The zero-order chi connectivity index (χ0) is 47.3. The number of thiazole rings is 1. The number of aromatic nitrogens is 3. The average Bonchev–Trinajstić information content (AvgIpc) is 3.79. The normalized spacial score (nSPS) is 18.8. The maximum atomic E-state index is 12.8. The molecular weight excluding hydrogens is 971 g/mol. The summed E-state index contributed by atoms with van der Waals surface area (Å²) in [5.41, 5.74) is -1.53. The standard InChI is InChI=1S/C34H38N5O21P3S2/c40-25-16-30(57-27(25)18-56-62(48,49)60-63(50,51)59-61(45,46)47)39-17-19(31(42)38-34(39)44)3-1-10-36-29(41)4-2-9-35-11-12-55-21-5-8-26-20(13-21)14-23(33(43)58-26)32-37-24-7-6-22(65(52,53)54)15-28(24)64-32/h1,3,5-8,13-15,17,25,27,30,35,40H,2,4,9-12,16,18H2,(H,36,41)(H,48,49)(H,50,51)(H,38,42,44)(H2,45,46,47)(H,52,53,54)/b3-1+/t25-,27+,30+/m0/s1. The summed E-state index contributed by atoms with van der Waals surface area (Å²) in [5.74, 6) is 0.195. The van der Waals surface area contributed by atoms with Crippen molar-refractivity contribution in [2.75, 3.05) is 32.8 Å². The Kier molecular flexibility index (Phi) is 15.7. The lowest BCUT2D eigenvalue weighted by molar-refractivity contribution is -0.120. The highest BCUT2D eigenvalue weighted by Crippen LogP contribution is 2.66. The molecule has 1 aliphatic rings. The highest BCUT2D eigenvalue weighted by atomic mass is 32.2. The number of H-pyrrole nitrogens is 1. The van der Waals surface area contributed by atoms with Gasteiger partial charge in [0, 0.05) is 37.5 Å². The molecule has 5 atom stereocenters. The van der Waals surface area contributed by atoms with Crippen LogP contribution >= 0.6 is 34.8 Å². The summed E-state index contributed by atoms with van der Waals surface area (Å²) in [5, 5.41) is 17.0. The smallest absolute Gasteiger partial charge is 0.490 e. The second-order valence-corrected chi connectivity index (χ2v) is 20.6. The van der Waals surface area contributed by atoms with E-state index in [1.54, 1.807) is 24.3 Å². The molecule has 5 aromatic rings. The van der Waals surface area contributed by atoms with Gasteiger partial charge in [0.15, 0.2) is 0 Å². The number of hydrogen-bond donors (Lipinski definition) is 9. The van der Waals surface area contributed by atoms with Gasteiger partial charge in [0.25, 0.3) is 15.7 Å². The van der Waals surface area contributed by atoms with Crippen molar-refractivity contribution in [1.29, 1.82) is 0 Å². The molecule has 1 amide bonds. The molecule has 6 rings (SSSR count). The SMILES string of the molecule is O=C(CCCNCCOc1ccc2oc(=O)c(-c3nc4ccc(S(=O)(=O)O)cc4s3)cc2c1)NC/C=C/c1cn([C@H]2C[C@H](O)[C@@H](COP(=O)(O)OP(=O)(O)OP(=O)(O)O)O2)c(=O)[nH]c1=O. The van der Waals surface area contributed by atoms with Crippen molar-refractivity contribution in [3.63, 3.8) is 0 Å². The Labute approximate surface area is 368 Å². The number of carbonyl (C=O) groups excluding carboxylic acids is 1. The number of nitrogens with zero attached hydrogens (tertiary/aromatic N) is 2. The van der Waals surface area contributed by atoms with Crippen LogP contribution in [0, 0.1) is 0 Å². The molecule has 2 unspecified atom stereocenters. The van der Waals surface area contributed by atoms with Gasteiger partial charge in [-0.05, 0) is 55.4 Å². The maximum Gasteiger partial charge on any atom is 0.490 e. The topological polar surface area (TPSA) is 392 Å². The summed E-state index contributed by atoms with van der Waals surface area (Å²) in [6.07, 6.45) is 0.0645. The van der Waals surface area contributed by atoms with E-state index in [0.717, 1.165) is 22.1 Å². The number of aromatic amines is 1. The Morgan fingerprint density at radius 3 is 2.54 bits per heavy atom.